The van der Waals surface area contributed by atoms with Gasteiger partial charge in [0.05, 0.1) is 6.54 Å². The highest BCUT2D eigenvalue weighted by Gasteiger charge is 2.10. The Balaban J connectivity index is 1.54. The molecule has 2 nitrogen and oxygen atoms in total. The van der Waals surface area contributed by atoms with Crippen LogP contribution in [0, 0.1) is 12.7 Å². The smallest absolute Gasteiger partial charge is 0.128 e. The highest BCUT2D eigenvalue weighted by Crippen LogP contribution is 2.23. The number of rotatable bonds is 6. The standard InChI is InChI=1S/C24H23FN2/c1-18-10-12-19(13-11-18)14-26-15-21-17-27(24-9-5-3-7-22(21)24)16-20-6-2-4-8-23(20)25/h2-13,17,26H,14-16H2,1H3. The van der Waals surface area contributed by atoms with E-state index in [0.29, 0.717) is 12.1 Å². The second-order valence-electron chi connectivity index (χ2n) is 6.98. The van der Waals surface area contributed by atoms with E-state index in [0.717, 1.165) is 18.6 Å². The molecule has 0 aliphatic heterocycles. The maximum atomic E-state index is 14.1. The molecule has 4 rings (SSSR count). The second-order valence-corrected chi connectivity index (χ2v) is 6.98. The molecule has 1 heterocycles. The lowest BCUT2D eigenvalue weighted by Crippen LogP contribution is -2.12. The highest BCUT2D eigenvalue weighted by molar-refractivity contribution is 5.84. The third-order valence-corrected chi connectivity index (χ3v) is 4.93. The zero-order valence-electron chi connectivity index (χ0n) is 15.5. The van der Waals surface area contributed by atoms with Gasteiger partial charge in [-0.25, -0.2) is 4.39 Å². The van der Waals surface area contributed by atoms with Gasteiger partial charge in [-0.3, -0.25) is 0 Å². The van der Waals surface area contributed by atoms with Crippen molar-refractivity contribution in [2.45, 2.75) is 26.6 Å². The van der Waals surface area contributed by atoms with Crippen LogP contribution in [0.3, 0.4) is 0 Å². The number of para-hydroxylation sites is 1. The maximum absolute atomic E-state index is 14.1. The molecule has 0 saturated carbocycles. The molecule has 1 N–H and O–H groups in total. The largest absolute Gasteiger partial charge is 0.343 e. The van der Waals surface area contributed by atoms with Crippen LogP contribution in [-0.4, -0.2) is 4.57 Å². The van der Waals surface area contributed by atoms with Gasteiger partial charge in [-0.15, -0.1) is 0 Å². The van der Waals surface area contributed by atoms with Crippen LogP contribution < -0.4 is 5.32 Å². The summed E-state index contributed by atoms with van der Waals surface area (Å²) in [6.45, 7) is 4.23. The highest BCUT2D eigenvalue weighted by atomic mass is 19.1. The van der Waals surface area contributed by atoms with Crippen molar-refractivity contribution in [2.75, 3.05) is 0 Å². The molecule has 0 fully saturated rings. The molecule has 0 radical (unpaired) electrons. The molecular weight excluding hydrogens is 335 g/mol. The molecule has 0 aliphatic rings. The third-order valence-electron chi connectivity index (χ3n) is 4.93. The topological polar surface area (TPSA) is 17.0 Å². The van der Waals surface area contributed by atoms with Gasteiger partial charge in [0.25, 0.3) is 0 Å². The first-order chi connectivity index (χ1) is 13.2. The Morgan fingerprint density at radius 1 is 0.815 bits per heavy atom. The average molecular weight is 358 g/mol. The summed E-state index contributed by atoms with van der Waals surface area (Å²) in [4.78, 5) is 0. The average Bonchev–Trinajstić information content (AvgIpc) is 3.03. The maximum Gasteiger partial charge on any atom is 0.128 e. The first-order valence-electron chi connectivity index (χ1n) is 9.27. The Hall–Kier alpha value is -2.91. The molecule has 0 aliphatic carbocycles. The summed E-state index contributed by atoms with van der Waals surface area (Å²) in [5.41, 5.74) is 5.62. The van der Waals surface area contributed by atoms with Crippen molar-refractivity contribution >= 4 is 10.9 Å². The van der Waals surface area contributed by atoms with Gasteiger partial charge in [0.2, 0.25) is 0 Å². The zero-order valence-corrected chi connectivity index (χ0v) is 15.5. The van der Waals surface area contributed by atoms with E-state index < -0.39 is 0 Å². The molecule has 4 aromatic rings. The molecule has 0 unspecified atom stereocenters. The summed E-state index contributed by atoms with van der Waals surface area (Å²) in [5, 5.41) is 4.74. The second kappa shape index (κ2) is 7.77. The first kappa shape index (κ1) is 17.5. The fourth-order valence-corrected chi connectivity index (χ4v) is 3.45. The van der Waals surface area contributed by atoms with E-state index in [1.165, 1.54) is 28.1 Å². The molecule has 3 aromatic carbocycles. The number of benzene rings is 3. The quantitative estimate of drug-likeness (QED) is 0.486. The molecular formula is C24H23FN2. The van der Waals surface area contributed by atoms with Gasteiger partial charge in [0.15, 0.2) is 0 Å². The number of hydrogen-bond acceptors (Lipinski definition) is 1. The van der Waals surface area contributed by atoms with E-state index in [1.807, 2.05) is 18.2 Å². The van der Waals surface area contributed by atoms with Gasteiger partial charge < -0.3 is 9.88 Å². The molecule has 3 heteroatoms. The van der Waals surface area contributed by atoms with Crippen LogP contribution in [0.4, 0.5) is 4.39 Å². The third kappa shape index (κ3) is 3.93. The van der Waals surface area contributed by atoms with Crippen molar-refractivity contribution in [3.8, 4) is 0 Å². The number of aryl methyl sites for hydroxylation is 1. The Morgan fingerprint density at radius 2 is 1.56 bits per heavy atom. The summed E-state index contributed by atoms with van der Waals surface area (Å²) in [6.07, 6.45) is 2.14. The minimum absolute atomic E-state index is 0.158. The van der Waals surface area contributed by atoms with Crippen molar-refractivity contribution in [3.63, 3.8) is 0 Å². The van der Waals surface area contributed by atoms with Crippen LogP contribution in [0.2, 0.25) is 0 Å². The van der Waals surface area contributed by atoms with Gasteiger partial charge >= 0.3 is 0 Å². The summed E-state index contributed by atoms with van der Waals surface area (Å²) >= 11 is 0. The summed E-state index contributed by atoms with van der Waals surface area (Å²) in [6, 6.07) is 23.9. The van der Waals surface area contributed by atoms with E-state index in [9.17, 15) is 4.39 Å². The minimum Gasteiger partial charge on any atom is -0.343 e. The molecule has 0 atom stereocenters. The van der Waals surface area contributed by atoms with Gasteiger partial charge in [-0.1, -0.05) is 66.2 Å². The molecule has 0 spiro atoms. The Kier molecular flexibility index (Phi) is 5.03. The van der Waals surface area contributed by atoms with Crippen LogP contribution in [0.15, 0.2) is 79.0 Å². The summed E-state index contributed by atoms with van der Waals surface area (Å²) in [7, 11) is 0. The normalized spacial score (nSPS) is 11.2. The number of fused-ring (bicyclic) bond motifs is 1. The van der Waals surface area contributed by atoms with Crippen LogP contribution in [0.1, 0.15) is 22.3 Å². The monoisotopic (exact) mass is 358 g/mol. The number of nitrogens with zero attached hydrogens (tertiary/aromatic N) is 1. The van der Waals surface area contributed by atoms with Gasteiger partial charge in [0.1, 0.15) is 5.82 Å². The summed E-state index contributed by atoms with van der Waals surface area (Å²) < 4.78 is 16.2. The molecule has 1 aromatic heterocycles. The van der Waals surface area contributed by atoms with Crippen LogP contribution in [0.25, 0.3) is 10.9 Å². The van der Waals surface area contributed by atoms with Crippen LogP contribution in [-0.2, 0) is 19.6 Å². The fraction of sp³-hybridized carbons (Fsp3) is 0.167. The predicted octanol–water partition coefficient (Wildman–Crippen LogP) is 5.43. The number of halogens is 1. The predicted molar refractivity (Wildman–Crippen MR) is 109 cm³/mol. The van der Waals surface area contributed by atoms with Crippen molar-refractivity contribution in [3.05, 3.63) is 107 Å². The van der Waals surface area contributed by atoms with Crippen molar-refractivity contribution in [2.24, 2.45) is 0 Å². The van der Waals surface area contributed by atoms with Crippen molar-refractivity contribution < 1.29 is 4.39 Å². The lowest BCUT2D eigenvalue weighted by molar-refractivity contribution is 0.601. The number of aromatic nitrogens is 1. The molecule has 0 saturated heterocycles. The van der Waals surface area contributed by atoms with E-state index in [1.54, 1.807) is 6.07 Å². The lowest BCUT2D eigenvalue weighted by Gasteiger charge is -2.06. The fourth-order valence-electron chi connectivity index (χ4n) is 3.45. The summed E-state index contributed by atoms with van der Waals surface area (Å²) in [5.74, 6) is -0.158. The molecule has 27 heavy (non-hydrogen) atoms. The SMILES string of the molecule is Cc1ccc(CNCc2cn(Cc3ccccc3F)c3ccccc23)cc1. The van der Waals surface area contributed by atoms with Gasteiger partial charge in [-0.2, -0.15) is 0 Å². The Labute approximate surface area is 159 Å². The molecule has 136 valence electrons. The lowest BCUT2D eigenvalue weighted by atomic mass is 10.1. The molecule has 0 bridgehead atoms. The molecule has 0 amide bonds. The van der Waals surface area contributed by atoms with Crippen LogP contribution >= 0.6 is 0 Å². The van der Waals surface area contributed by atoms with Crippen molar-refractivity contribution in [1.82, 2.24) is 9.88 Å². The van der Waals surface area contributed by atoms with E-state index in [2.05, 4.69) is 65.5 Å². The zero-order chi connectivity index (χ0) is 18.6. The van der Waals surface area contributed by atoms with Gasteiger partial charge in [-0.05, 0) is 30.2 Å². The van der Waals surface area contributed by atoms with E-state index >= 15 is 0 Å². The first-order valence-corrected chi connectivity index (χ1v) is 9.27. The van der Waals surface area contributed by atoms with E-state index in [-0.39, 0.29) is 5.82 Å². The Morgan fingerprint density at radius 3 is 2.37 bits per heavy atom. The van der Waals surface area contributed by atoms with Crippen LogP contribution in [0.5, 0.6) is 0 Å². The number of nitrogens with one attached hydrogen (secondary N) is 1. The minimum atomic E-state index is -0.158. The Bertz CT molecular complexity index is 1050. The van der Waals surface area contributed by atoms with E-state index in [4.69, 9.17) is 0 Å². The van der Waals surface area contributed by atoms with Crippen molar-refractivity contribution in [1.29, 1.82) is 0 Å². The number of hydrogen-bond donors (Lipinski definition) is 1. The van der Waals surface area contributed by atoms with Gasteiger partial charge in [0, 0.05) is 35.8 Å².